The first-order valence-corrected chi connectivity index (χ1v) is 7.91. The minimum atomic E-state index is 0.136. The van der Waals surface area contributed by atoms with Crippen LogP contribution in [0.25, 0.3) is 0 Å². The highest BCUT2D eigenvalue weighted by Crippen LogP contribution is 2.36. The maximum absolute atomic E-state index is 5.41. The monoisotopic (exact) mass is 355 g/mol. The Balaban J connectivity index is 2.49. The molecule has 108 valence electrons. The molecular formula is C15H18BrNO2S. The van der Waals surface area contributed by atoms with Crippen LogP contribution in [-0.2, 0) is 0 Å². The van der Waals surface area contributed by atoms with E-state index in [1.54, 1.807) is 25.6 Å². The zero-order valence-corrected chi connectivity index (χ0v) is 14.4. The molecule has 0 spiro atoms. The highest BCUT2D eigenvalue weighted by molar-refractivity contribution is 9.11. The number of ether oxygens (including phenoxy) is 2. The van der Waals surface area contributed by atoms with Gasteiger partial charge in [0.1, 0.15) is 0 Å². The Bertz CT molecular complexity index is 598. The largest absolute Gasteiger partial charge is 0.493 e. The highest BCUT2D eigenvalue weighted by Gasteiger charge is 2.18. The molecule has 0 saturated heterocycles. The van der Waals surface area contributed by atoms with Crippen molar-refractivity contribution in [3.05, 3.63) is 44.1 Å². The lowest BCUT2D eigenvalue weighted by Gasteiger charge is -2.20. The summed E-state index contributed by atoms with van der Waals surface area (Å²) in [5.74, 6) is 1.51. The second-order valence-electron chi connectivity index (χ2n) is 4.47. The molecule has 0 aliphatic rings. The van der Waals surface area contributed by atoms with E-state index in [1.165, 1.54) is 16.7 Å². The normalized spacial score (nSPS) is 12.2. The van der Waals surface area contributed by atoms with Crippen LogP contribution in [0, 0.1) is 6.92 Å². The van der Waals surface area contributed by atoms with Crippen LogP contribution >= 0.6 is 27.3 Å². The van der Waals surface area contributed by atoms with E-state index in [2.05, 4.69) is 39.6 Å². The van der Waals surface area contributed by atoms with Gasteiger partial charge in [-0.25, -0.2) is 0 Å². The van der Waals surface area contributed by atoms with Crippen LogP contribution in [0.3, 0.4) is 0 Å². The first-order valence-electron chi connectivity index (χ1n) is 6.24. The van der Waals surface area contributed by atoms with Crippen LogP contribution in [0.4, 0.5) is 0 Å². The van der Waals surface area contributed by atoms with E-state index in [1.807, 2.05) is 19.2 Å². The number of methoxy groups -OCH3 is 2. The maximum Gasteiger partial charge on any atom is 0.161 e. The molecule has 1 heterocycles. The summed E-state index contributed by atoms with van der Waals surface area (Å²) in [5.41, 5.74) is 3.60. The Morgan fingerprint density at radius 1 is 1.15 bits per heavy atom. The average molecular weight is 356 g/mol. The van der Waals surface area contributed by atoms with Gasteiger partial charge in [0, 0.05) is 0 Å². The number of hydrogen-bond donors (Lipinski definition) is 1. The van der Waals surface area contributed by atoms with Gasteiger partial charge in [0.05, 0.1) is 24.0 Å². The molecular weight excluding hydrogens is 338 g/mol. The molecule has 0 bridgehead atoms. The lowest BCUT2D eigenvalue weighted by atomic mass is 9.96. The predicted molar refractivity (Wildman–Crippen MR) is 87.2 cm³/mol. The van der Waals surface area contributed by atoms with Gasteiger partial charge in [-0.15, -0.1) is 11.3 Å². The first-order chi connectivity index (χ1) is 9.60. The van der Waals surface area contributed by atoms with Crippen LogP contribution in [0.15, 0.2) is 27.4 Å². The number of benzene rings is 1. The van der Waals surface area contributed by atoms with Gasteiger partial charge in [0.25, 0.3) is 0 Å². The van der Waals surface area contributed by atoms with Crippen molar-refractivity contribution in [1.82, 2.24) is 5.32 Å². The second kappa shape index (κ2) is 6.61. The molecule has 0 saturated carbocycles. The Morgan fingerprint density at radius 3 is 2.30 bits per heavy atom. The van der Waals surface area contributed by atoms with E-state index in [9.17, 15) is 0 Å². The molecule has 2 rings (SSSR count). The average Bonchev–Trinajstić information content (AvgIpc) is 2.87. The van der Waals surface area contributed by atoms with Gasteiger partial charge in [-0.1, -0.05) is 0 Å². The Kier molecular flexibility index (Phi) is 5.07. The molecule has 5 heteroatoms. The van der Waals surface area contributed by atoms with Crippen LogP contribution in [0.1, 0.15) is 22.7 Å². The predicted octanol–water partition coefficient (Wildman–Crippen LogP) is 4.15. The highest BCUT2D eigenvalue weighted by atomic mass is 79.9. The molecule has 0 aliphatic carbocycles. The zero-order valence-electron chi connectivity index (χ0n) is 12.0. The third kappa shape index (κ3) is 3.00. The van der Waals surface area contributed by atoms with Crippen molar-refractivity contribution in [2.24, 2.45) is 0 Å². The second-order valence-corrected chi connectivity index (χ2v) is 6.76. The number of hydrogen-bond acceptors (Lipinski definition) is 4. The van der Waals surface area contributed by atoms with Crippen molar-refractivity contribution in [3.8, 4) is 11.5 Å². The SMILES string of the molecule is CNC(c1csc(Br)c1)c1cc(OC)c(OC)cc1C. The van der Waals surface area contributed by atoms with Gasteiger partial charge in [-0.2, -0.15) is 0 Å². The molecule has 2 aromatic rings. The number of aryl methyl sites for hydroxylation is 1. The van der Waals surface area contributed by atoms with E-state index >= 15 is 0 Å². The maximum atomic E-state index is 5.41. The molecule has 1 aromatic carbocycles. The molecule has 1 unspecified atom stereocenters. The Labute approximate surface area is 132 Å². The summed E-state index contributed by atoms with van der Waals surface area (Å²) in [4.78, 5) is 0. The number of halogens is 1. The summed E-state index contributed by atoms with van der Waals surface area (Å²) in [6.07, 6.45) is 0. The fraction of sp³-hybridized carbons (Fsp3) is 0.333. The van der Waals surface area contributed by atoms with E-state index in [0.29, 0.717) is 0 Å². The van der Waals surface area contributed by atoms with E-state index < -0.39 is 0 Å². The molecule has 0 amide bonds. The molecule has 3 nitrogen and oxygen atoms in total. The molecule has 0 fully saturated rings. The van der Waals surface area contributed by atoms with Crippen molar-refractivity contribution in [2.75, 3.05) is 21.3 Å². The molecule has 0 aliphatic heterocycles. The quantitative estimate of drug-likeness (QED) is 0.873. The van der Waals surface area contributed by atoms with Crippen LogP contribution in [-0.4, -0.2) is 21.3 Å². The summed E-state index contributed by atoms with van der Waals surface area (Å²) < 4.78 is 11.9. The van der Waals surface area contributed by atoms with Gasteiger partial charge >= 0.3 is 0 Å². The van der Waals surface area contributed by atoms with Crippen LogP contribution in [0.5, 0.6) is 11.5 Å². The van der Waals surface area contributed by atoms with E-state index in [0.717, 1.165) is 15.3 Å². The zero-order chi connectivity index (χ0) is 14.7. The van der Waals surface area contributed by atoms with Crippen molar-refractivity contribution >= 4 is 27.3 Å². The van der Waals surface area contributed by atoms with Gasteiger partial charge in [-0.3, -0.25) is 0 Å². The third-order valence-electron chi connectivity index (χ3n) is 3.29. The summed E-state index contributed by atoms with van der Waals surface area (Å²) in [7, 11) is 5.28. The minimum Gasteiger partial charge on any atom is -0.493 e. The summed E-state index contributed by atoms with van der Waals surface area (Å²) in [6, 6.07) is 6.33. The van der Waals surface area contributed by atoms with Gasteiger partial charge in [0.15, 0.2) is 11.5 Å². The summed E-state index contributed by atoms with van der Waals surface area (Å²) in [5, 5.41) is 5.52. The lowest BCUT2D eigenvalue weighted by Crippen LogP contribution is -2.18. The smallest absolute Gasteiger partial charge is 0.161 e. The summed E-state index contributed by atoms with van der Waals surface area (Å²) in [6.45, 7) is 2.09. The Morgan fingerprint density at radius 2 is 1.80 bits per heavy atom. The topological polar surface area (TPSA) is 30.5 Å². The van der Waals surface area contributed by atoms with Crippen molar-refractivity contribution in [2.45, 2.75) is 13.0 Å². The van der Waals surface area contributed by atoms with Crippen LogP contribution < -0.4 is 14.8 Å². The fourth-order valence-electron chi connectivity index (χ4n) is 2.28. The molecule has 1 aromatic heterocycles. The standard InChI is InChI=1S/C15H18BrNO2S/c1-9-5-12(18-3)13(19-4)7-11(9)15(17-2)10-6-14(16)20-8-10/h5-8,15,17H,1-4H3. The molecule has 1 atom stereocenters. The van der Waals surface area contributed by atoms with Gasteiger partial charge in [0.2, 0.25) is 0 Å². The fourth-order valence-corrected chi connectivity index (χ4v) is 3.49. The minimum absolute atomic E-state index is 0.136. The lowest BCUT2D eigenvalue weighted by molar-refractivity contribution is 0.354. The molecule has 0 radical (unpaired) electrons. The van der Waals surface area contributed by atoms with E-state index in [-0.39, 0.29) is 6.04 Å². The molecule has 20 heavy (non-hydrogen) atoms. The first kappa shape index (κ1) is 15.4. The molecule has 1 N–H and O–H groups in total. The summed E-state index contributed by atoms with van der Waals surface area (Å²) >= 11 is 5.20. The van der Waals surface area contributed by atoms with Crippen molar-refractivity contribution < 1.29 is 9.47 Å². The van der Waals surface area contributed by atoms with Crippen molar-refractivity contribution in [1.29, 1.82) is 0 Å². The van der Waals surface area contributed by atoms with Gasteiger partial charge in [-0.05, 0) is 70.2 Å². The van der Waals surface area contributed by atoms with Gasteiger partial charge < -0.3 is 14.8 Å². The third-order valence-corrected chi connectivity index (χ3v) is 4.82. The van der Waals surface area contributed by atoms with Crippen molar-refractivity contribution in [3.63, 3.8) is 0 Å². The Hall–Kier alpha value is -1.04. The number of nitrogens with one attached hydrogen (secondary N) is 1. The number of thiophene rings is 1. The number of rotatable bonds is 5. The van der Waals surface area contributed by atoms with E-state index in [4.69, 9.17) is 9.47 Å². The van der Waals surface area contributed by atoms with Crippen LogP contribution in [0.2, 0.25) is 0 Å².